The summed E-state index contributed by atoms with van der Waals surface area (Å²) in [5.41, 5.74) is 1.92. The van der Waals surface area contributed by atoms with Crippen LogP contribution in [0.25, 0.3) is 17.1 Å². The molecule has 4 rings (SSSR count). The number of ether oxygens (including phenoxy) is 2. The summed E-state index contributed by atoms with van der Waals surface area (Å²) in [6.45, 7) is 1.67. The maximum Gasteiger partial charge on any atom is 0.196 e. The number of nitrogens with zero attached hydrogens (tertiary/aromatic N) is 3. The van der Waals surface area contributed by atoms with Crippen molar-refractivity contribution in [1.29, 1.82) is 0 Å². The molecule has 140 valence electrons. The van der Waals surface area contributed by atoms with Crippen molar-refractivity contribution in [2.45, 2.75) is 11.6 Å². The highest BCUT2D eigenvalue weighted by Gasteiger charge is 2.21. The van der Waals surface area contributed by atoms with Gasteiger partial charge in [0.1, 0.15) is 5.75 Å². The maximum absolute atomic E-state index is 6.38. The number of benzene rings is 2. The molecule has 0 amide bonds. The highest BCUT2D eigenvalue weighted by atomic mass is 35.5. The molecular weight excluding hydrogens is 382 g/mol. The number of rotatable bonds is 6. The van der Waals surface area contributed by atoms with Gasteiger partial charge in [0.15, 0.2) is 11.0 Å². The Kier molecular flexibility index (Phi) is 5.66. The number of hydrogen-bond acceptors (Lipinski definition) is 5. The summed E-state index contributed by atoms with van der Waals surface area (Å²) in [7, 11) is 1.61. The third-order valence-electron chi connectivity index (χ3n) is 4.53. The van der Waals surface area contributed by atoms with Gasteiger partial charge in [-0.15, -0.1) is 10.2 Å². The lowest BCUT2D eigenvalue weighted by Gasteiger charge is -2.13. The molecule has 1 fully saturated rings. The Morgan fingerprint density at radius 3 is 2.78 bits per heavy atom. The van der Waals surface area contributed by atoms with Gasteiger partial charge >= 0.3 is 0 Å². The highest BCUT2D eigenvalue weighted by molar-refractivity contribution is 7.99. The Balaban J connectivity index is 1.73. The molecule has 0 radical (unpaired) electrons. The second kappa shape index (κ2) is 8.33. The highest BCUT2D eigenvalue weighted by Crippen LogP contribution is 2.33. The van der Waals surface area contributed by atoms with E-state index in [1.165, 1.54) is 0 Å². The van der Waals surface area contributed by atoms with Crippen molar-refractivity contribution in [3.63, 3.8) is 0 Å². The molecule has 1 atom stereocenters. The summed E-state index contributed by atoms with van der Waals surface area (Å²) in [5.74, 6) is 2.95. The Morgan fingerprint density at radius 1 is 1.22 bits per heavy atom. The first kappa shape index (κ1) is 18.3. The van der Waals surface area contributed by atoms with Crippen molar-refractivity contribution in [2.75, 3.05) is 26.1 Å². The summed E-state index contributed by atoms with van der Waals surface area (Å²) in [6.07, 6.45) is 1.10. The zero-order chi connectivity index (χ0) is 18.6. The Bertz CT molecular complexity index is 911. The van der Waals surface area contributed by atoms with Crippen LogP contribution in [0.5, 0.6) is 5.75 Å². The van der Waals surface area contributed by atoms with Crippen molar-refractivity contribution in [3.05, 3.63) is 53.6 Å². The lowest BCUT2D eigenvalue weighted by Crippen LogP contribution is -2.05. The average molecular weight is 402 g/mol. The number of aromatic nitrogens is 3. The van der Waals surface area contributed by atoms with E-state index >= 15 is 0 Å². The van der Waals surface area contributed by atoms with Crippen LogP contribution in [0, 0.1) is 5.92 Å². The van der Waals surface area contributed by atoms with Crippen molar-refractivity contribution in [1.82, 2.24) is 14.8 Å². The van der Waals surface area contributed by atoms with E-state index in [2.05, 4.69) is 14.8 Å². The van der Waals surface area contributed by atoms with Gasteiger partial charge in [-0.05, 0) is 30.5 Å². The predicted molar refractivity (Wildman–Crippen MR) is 108 cm³/mol. The Labute approximate surface area is 167 Å². The van der Waals surface area contributed by atoms with Crippen molar-refractivity contribution in [2.24, 2.45) is 5.92 Å². The molecule has 1 unspecified atom stereocenters. The SMILES string of the molecule is COc1ccc(-n2c(SCC3CCOC3)nnc2-c2ccccc2)cc1Cl. The normalized spacial score (nSPS) is 16.6. The van der Waals surface area contributed by atoms with E-state index < -0.39 is 0 Å². The first-order valence-corrected chi connectivity index (χ1v) is 10.2. The fraction of sp³-hybridized carbons (Fsp3) is 0.300. The van der Waals surface area contributed by atoms with Crippen LogP contribution in [-0.2, 0) is 4.74 Å². The van der Waals surface area contributed by atoms with Gasteiger partial charge in [0.25, 0.3) is 0 Å². The van der Waals surface area contributed by atoms with Crippen LogP contribution >= 0.6 is 23.4 Å². The number of methoxy groups -OCH3 is 1. The summed E-state index contributed by atoms with van der Waals surface area (Å²) in [6, 6.07) is 15.8. The fourth-order valence-corrected chi connectivity index (χ4v) is 4.39. The summed E-state index contributed by atoms with van der Waals surface area (Å²) in [5, 5.41) is 10.3. The largest absolute Gasteiger partial charge is 0.495 e. The second-order valence-corrected chi connectivity index (χ2v) is 7.76. The Morgan fingerprint density at radius 2 is 2.07 bits per heavy atom. The van der Waals surface area contributed by atoms with Crippen molar-refractivity contribution in [3.8, 4) is 22.8 Å². The van der Waals surface area contributed by atoms with E-state index in [0.29, 0.717) is 16.7 Å². The van der Waals surface area contributed by atoms with Crippen molar-refractivity contribution >= 4 is 23.4 Å². The molecule has 5 nitrogen and oxygen atoms in total. The number of halogens is 1. The lowest BCUT2D eigenvalue weighted by atomic mass is 10.2. The first-order valence-electron chi connectivity index (χ1n) is 8.81. The summed E-state index contributed by atoms with van der Waals surface area (Å²) < 4.78 is 12.8. The van der Waals surface area contributed by atoms with E-state index in [4.69, 9.17) is 21.1 Å². The quantitative estimate of drug-likeness (QED) is 0.559. The van der Waals surface area contributed by atoms with E-state index in [0.717, 1.165) is 47.6 Å². The van der Waals surface area contributed by atoms with Gasteiger partial charge in [0.05, 0.1) is 24.4 Å². The van der Waals surface area contributed by atoms with E-state index in [1.54, 1.807) is 18.9 Å². The minimum absolute atomic E-state index is 0.555. The standard InChI is InChI=1S/C20H20ClN3O2S/c1-25-18-8-7-16(11-17(18)21)24-19(15-5-3-2-4-6-15)22-23-20(24)27-13-14-9-10-26-12-14/h2-8,11,14H,9-10,12-13H2,1H3. The molecule has 0 bridgehead atoms. The molecule has 1 aliphatic rings. The zero-order valence-corrected chi connectivity index (χ0v) is 16.5. The molecule has 27 heavy (non-hydrogen) atoms. The van der Waals surface area contributed by atoms with Crippen molar-refractivity contribution < 1.29 is 9.47 Å². The van der Waals surface area contributed by atoms with Crippen LogP contribution in [0.2, 0.25) is 5.02 Å². The first-order chi connectivity index (χ1) is 13.3. The predicted octanol–water partition coefficient (Wildman–Crippen LogP) is 4.72. The van der Waals surface area contributed by atoms with Gasteiger partial charge in [0, 0.05) is 17.9 Å². The minimum Gasteiger partial charge on any atom is -0.495 e. The van der Waals surface area contributed by atoms with Gasteiger partial charge in [0.2, 0.25) is 0 Å². The molecular formula is C20H20ClN3O2S. The van der Waals surface area contributed by atoms with Crippen LogP contribution in [0.1, 0.15) is 6.42 Å². The number of hydrogen-bond donors (Lipinski definition) is 0. The van der Waals surface area contributed by atoms with E-state index in [-0.39, 0.29) is 0 Å². The molecule has 1 saturated heterocycles. The van der Waals surface area contributed by atoms with Crippen LogP contribution in [0.15, 0.2) is 53.7 Å². The molecule has 0 N–H and O–H groups in total. The van der Waals surface area contributed by atoms with Gasteiger partial charge < -0.3 is 9.47 Å². The second-order valence-electron chi connectivity index (χ2n) is 6.37. The van der Waals surface area contributed by atoms with Gasteiger partial charge in [-0.25, -0.2) is 0 Å². The summed E-state index contributed by atoms with van der Waals surface area (Å²) in [4.78, 5) is 0. The average Bonchev–Trinajstić information content (AvgIpc) is 3.36. The molecule has 1 aliphatic heterocycles. The van der Waals surface area contributed by atoms with Gasteiger partial charge in [-0.1, -0.05) is 53.7 Å². The maximum atomic E-state index is 6.38. The molecule has 0 aliphatic carbocycles. The molecule has 2 heterocycles. The monoisotopic (exact) mass is 401 g/mol. The van der Waals surface area contributed by atoms with Crippen LogP contribution in [0.3, 0.4) is 0 Å². The van der Waals surface area contributed by atoms with Crippen LogP contribution < -0.4 is 4.74 Å². The molecule has 1 aromatic heterocycles. The number of thioether (sulfide) groups is 1. The molecule has 0 spiro atoms. The molecule has 2 aromatic carbocycles. The third kappa shape index (κ3) is 3.98. The lowest BCUT2D eigenvalue weighted by molar-refractivity contribution is 0.189. The fourth-order valence-electron chi connectivity index (χ4n) is 3.07. The third-order valence-corrected chi connectivity index (χ3v) is 5.99. The van der Waals surface area contributed by atoms with Crippen LogP contribution in [-0.4, -0.2) is 40.8 Å². The molecule has 7 heteroatoms. The molecule has 0 saturated carbocycles. The molecule has 3 aromatic rings. The smallest absolute Gasteiger partial charge is 0.196 e. The minimum atomic E-state index is 0.555. The van der Waals surface area contributed by atoms with E-state index in [1.807, 2.05) is 48.5 Å². The van der Waals surface area contributed by atoms with Gasteiger partial charge in [-0.2, -0.15) is 0 Å². The Hall–Kier alpha value is -2.02. The van der Waals surface area contributed by atoms with Gasteiger partial charge in [-0.3, -0.25) is 4.57 Å². The zero-order valence-electron chi connectivity index (χ0n) is 15.0. The summed E-state index contributed by atoms with van der Waals surface area (Å²) >= 11 is 8.08. The van der Waals surface area contributed by atoms with E-state index in [9.17, 15) is 0 Å². The van der Waals surface area contributed by atoms with Crippen LogP contribution in [0.4, 0.5) is 0 Å². The topological polar surface area (TPSA) is 49.2 Å².